The van der Waals surface area contributed by atoms with Crippen LogP contribution in [0.15, 0.2) is 17.1 Å². The molecular weight excluding hydrogens is 322 g/mol. The molecule has 6 heteroatoms. The highest BCUT2D eigenvalue weighted by Crippen LogP contribution is 2.17. The van der Waals surface area contributed by atoms with Gasteiger partial charge in [-0.1, -0.05) is 6.92 Å². The molecule has 1 aromatic heterocycles. The van der Waals surface area contributed by atoms with Crippen LogP contribution in [0.4, 0.5) is 0 Å². The monoisotopic (exact) mass is 353 g/mol. The van der Waals surface area contributed by atoms with Crippen molar-refractivity contribution in [1.82, 2.24) is 10.6 Å². The van der Waals surface area contributed by atoms with Crippen molar-refractivity contribution in [2.75, 3.05) is 39.5 Å². The van der Waals surface area contributed by atoms with E-state index in [1.807, 2.05) is 11.3 Å². The minimum Gasteiger partial charge on any atom is -0.381 e. The van der Waals surface area contributed by atoms with Gasteiger partial charge in [0.1, 0.15) is 0 Å². The maximum atomic E-state index is 5.73. The van der Waals surface area contributed by atoms with Crippen LogP contribution in [0.1, 0.15) is 36.4 Å². The molecule has 1 saturated heterocycles. The molecule has 0 saturated carbocycles. The van der Waals surface area contributed by atoms with E-state index in [-0.39, 0.29) is 0 Å². The largest absolute Gasteiger partial charge is 0.381 e. The molecule has 136 valence electrons. The number of guanidine groups is 1. The Morgan fingerprint density at radius 3 is 2.92 bits per heavy atom. The lowest BCUT2D eigenvalue weighted by Gasteiger charge is -2.12. The van der Waals surface area contributed by atoms with E-state index in [1.54, 1.807) is 0 Å². The third kappa shape index (κ3) is 7.20. The Morgan fingerprint density at radius 2 is 2.21 bits per heavy atom. The molecule has 0 aromatic carbocycles. The average Bonchev–Trinajstić information content (AvgIpc) is 3.27. The summed E-state index contributed by atoms with van der Waals surface area (Å²) >= 11 is 1.85. The summed E-state index contributed by atoms with van der Waals surface area (Å²) in [6.07, 6.45) is 3.22. The van der Waals surface area contributed by atoms with Gasteiger partial charge in [0.25, 0.3) is 0 Å². The second kappa shape index (κ2) is 11.4. The van der Waals surface area contributed by atoms with E-state index >= 15 is 0 Å². The number of aliphatic imine (C=N–C) groups is 1. The van der Waals surface area contributed by atoms with E-state index in [4.69, 9.17) is 9.47 Å². The van der Waals surface area contributed by atoms with E-state index < -0.39 is 0 Å². The van der Waals surface area contributed by atoms with Gasteiger partial charge >= 0.3 is 0 Å². The van der Waals surface area contributed by atoms with Crippen molar-refractivity contribution >= 4 is 17.3 Å². The quantitative estimate of drug-likeness (QED) is 0.386. The molecule has 5 nitrogen and oxygen atoms in total. The lowest BCUT2D eigenvalue weighted by atomic mass is 10.1. The second-order valence-corrected chi connectivity index (χ2v) is 7.25. The van der Waals surface area contributed by atoms with E-state index in [0.717, 1.165) is 71.3 Å². The Hall–Kier alpha value is -1.11. The van der Waals surface area contributed by atoms with E-state index in [2.05, 4.69) is 41.6 Å². The lowest BCUT2D eigenvalue weighted by molar-refractivity contribution is 0.0888. The molecule has 0 bridgehead atoms. The van der Waals surface area contributed by atoms with Gasteiger partial charge in [-0.3, -0.25) is 0 Å². The molecular formula is C18H31N3O2S. The smallest absolute Gasteiger partial charge is 0.191 e. The van der Waals surface area contributed by atoms with Crippen molar-refractivity contribution in [2.45, 2.75) is 39.7 Å². The first-order valence-electron chi connectivity index (χ1n) is 9.07. The van der Waals surface area contributed by atoms with Gasteiger partial charge in [0.2, 0.25) is 0 Å². The molecule has 0 radical (unpaired) electrons. The van der Waals surface area contributed by atoms with Crippen molar-refractivity contribution in [3.05, 3.63) is 21.9 Å². The van der Waals surface area contributed by atoms with E-state index in [0.29, 0.717) is 5.92 Å². The Bertz CT molecular complexity index is 484. The summed E-state index contributed by atoms with van der Waals surface area (Å²) in [4.78, 5) is 7.39. The molecule has 24 heavy (non-hydrogen) atoms. The molecule has 0 spiro atoms. The van der Waals surface area contributed by atoms with Gasteiger partial charge in [0.15, 0.2) is 5.96 Å². The first kappa shape index (κ1) is 19.2. The predicted octanol–water partition coefficient (Wildman–Crippen LogP) is 2.81. The summed E-state index contributed by atoms with van der Waals surface area (Å²) in [5.41, 5.74) is 0. The van der Waals surface area contributed by atoms with Gasteiger partial charge in [-0.2, -0.15) is 0 Å². The number of nitrogens with one attached hydrogen (secondary N) is 2. The van der Waals surface area contributed by atoms with Crippen molar-refractivity contribution < 1.29 is 9.47 Å². The molecule has 0 amide bonds. The van der Waals surface area contributed by atoms with Crippen LogP contribution in [0.3, 0.4) is 0 Å². The van der Waals surface area contributed by atoms with Crippen LogP contribution in [0.2, 0.25) is 0 Å². The fourth-order valence-corrected chi connectivity index (χ4v) is 3.42. The summed E-state index contributed by atoms with van der Waals surface area (Å²) in [5.74, 6) is 1.48. The van der Waals surface area contributed by atoms with Crippen LogP contribution in [-0.4, -0.2) is 45.5 Å². The molecule has 2 rings (SSSR count). The number of nitrogens with zero attached hydrogens (tertiary/aromatic N) is 1. The predicted molar refractivity (Wildman–Crippen MR) is 101 cm³/mol. The third-order valence-corrected chi connectivity index (χ3v) is 5.15. The average molecular weight is 354 g/mol. The minimum absolute atomic E-state index is 0.593. The highest BCUT2D eigenvalue weighted by Gasteiger charge is 2.15. The third-order valence-electron chi connectivity index (χ3n) is 3.94. The second-order valence-electron chi connectivity index (χ2n) is 6.00. The fourth-order valence-electron chi connectivity index (χ4n) is 2.54. The zero-order valence-electron chi connectivity index (χ0n) is 15.0. The molecule has 1 unspecified atom stereocenters. The van der Waals surface area contributed by atoms with Crippen molar-refractivity contribution in [3.8, 4) is 0 Å². The van der Waals surface area contributed by atoms with Gasteiger partial charge in [-0.15, -0.1) is 11.3 Å². The van der Waals surface area contributed by atoms with Crippen molar-refractivity contribution in [2.24, 2.45) is 10.9 Å². The fraction of sp³-hybridized carbons (Fsp3) is 0.722. The Morgan fingerprint density at radius 1 is 1.33 bits per heavy atom. The number of hydrogen-bond donors (Lipinski definition) is 2. The maximum Gasteiger partial charge on any atom is 0.191 e. The van der Waals surface area contributed by atoms with Gasteiger partial charge in [-0.05, 0) is 38.3 Å². The molecule has 1 fully saturated rings. The van der Waals surface area contributed by atoms with Crippen LogP contribution in [0.25, 0.3) is 0 Å². The van der Waals surface area contributed by atoms with Gasteiger partial charge in [0.05, 0.1) is 19.8 Å². The molecule has 0 aliphatic carbocycles. The molecule has 2 heterocycles. The molecule has 2 N–H and O–H groups in total. The van der Waals surface area contributed by atoms with Crippen LogP contribution in [-0.2, 0) is 22.4 Å². The van der Waals surface area contributed by atoms with Crippen molar-refractivity contribution in [1.29, 1.82) is 0 Å². The number of aryl methyl sites for hydroxylation is 1. The SMILES string of the molecule is CCNC(=NCc1ccc(CC)s1)NCCCOCC1CCOC1. The van der Waals surface area contributed by atoms with Crippen LogP contribution >= 0.6 is 11.3 Å². The highest BCUT2D eigenvalue weighted by molar-refractivity contribution is 7.11. The highest BCUT2D eigenvalue weighted by atomic mass is 32.1. The summed E-state index contributed by atoms with van der Waals surface area (Å²) in [5, 5.41) is 6.67. The zero-order chi connectivity index (χ0) is 17.0. The van der Waals surface area contributed by atoms with Gasteiger partial charge < -0.3 is 20.1 Å². The minimum atomic E-state index is 0.593. The van der Waals surface area contributed by atoms with Crippen LogP contribution in [0.5, 0.6) is 0 Å². The zero-order valence-corrected chi connectivity index (χ0v) is 15.8. The number of rotatable bonds is 10. The summed E-state index contributed by atoms with van der Waals surface area (Å²) < 4.78 is 11.1. The first-order valence-corrected chi connectivity index (χ1v) is 9.88. The van der Waals surface area contributed by atoms with Gasteiger partial charge in [0, 0.05) is 42.0 Å². The van der Waals surface area contributed by atoms with Crippen LogP contribution < -0.4 is 10.6 Å². The summed E-state index contributed by atoms with van der Waals surface area (Å²) in [6, 6.07) is 4.37. The normalized spacial score (nSPS) is 18.1. The molecule has 1 aliphatic heterocycles. The van der Waals surface area contributed by atoms with Crippen LogP contribution in [0, 0.1) is 5.92 Å². The summed E-state index contributed by atoms with van der Waals surface area (Å²) in [7, 11) is 0. The standard InChI is InChI=1S/C18H31N3O2S/c1-3-16-6-7-17(24-16)12-21-18(19-4-2)20-9-5-10-22-13-15-8-11-23-14-15/h6-7,15H,3-5,8-14H2,1-2H3,(H2,19,20,21). The Labute approximate surface area is 149 Å². The number of ether oxygens (including phenoxy) is 2. The molecule has 1 aromatic rings. The summed E-state index contributed by atoms with van der Waals surface area (Å²) in [6.45, 7) is 10.1. The van der Waals surface area contributed by atoms with Gasteiger partial charge in [-0.25, -0.2) is 4.99 Å². The molecule has 1 atom stereocenters. The van der Waals surface area contributed by atoms with Crippen molar-refractivity contribution in [3.63, 3.8) is 0 Å². The van der Waals surface area contributed by atoms with E-state index in [9.17, 15) is 0 Å². The van der Waals surface area contributed by atoms with E-state index in [1.165, 1.54) is 9.75 Å². The topological polar surface area (TPSA) is 54.9 Å². The number of hydrogen-bond acceptors (Lipinski definition) is 4. The lowest BCUT2D eigenvalue weighted by Crippen LogP contribution is -2.38. The Balaban J connectivity index is 1.61. The first-order chi connectivity index (χ1) is 11.8. The Kier molecular flexibility index (Phi) is 9.16. The maximum absolute atomic E-state index is 5.73. The number of thiophene rings is 1. The molecule has 1 aliphatic rings.